The summed E-state index contributed by atoms with van der Waals surface area (Å²) < 4.78 is 5.24. The summed E-state index contributed by atoms with van der Waals surface area (Å²) in [6, 6.07) is 9.76. The standard InChI is InChI=1S/C18H16N6O2/c1-10-19-17(26-23-10)16-12-9-24(7-6-14(12)21-22-16)18(25)15-8-11-4-2-3-5-13(11)20-15/h2-5,8,20H,6-7,9H2,1H3,(H,21,22). The molecular formula is C18H16N6O2. The van der Waals surface area contributed by atoms with Gasteiger partial charge in [0, 0.05) is 35.1 Å². The van der Waals surface area contributed by atoms with Crippen molar-refractivity contribution >= 4 is 16.8 Å². The molecule has 0 radical (unpaired) electrons. The third-order valence-corrected chi connectivity index (χ3v) is 4.71. The molecule has 0 bridgehead atoms. The number of aromatic nitrogens is 5. The lowest BCUT2D eigenvalue weighted by Gasteiger charge is -2.26. The van der Waals surface area contributed by atoms with Gasteiger partial charge in [-0.2, -0.15) is 10.1 Å². The van der Waals surface area contributed by atoms with E-state index >= 15 is 0 Å². The summed E-state index contributed by atoms with van der Waals surface area (Å²) >= 11 is 0. The van der Waals surface area contributed by atoms with Crippen LogP contribution in [0.2, 0.25) is 0 Å². The lowest BCUT2D eigenvalue weighted by molar-refractivity contribution is 0.0729. The molecule has 130 valence electrons. The fraction of sp³-hybridized carbons (Fsp3) is 0.222. The number of aromatic amines is 2. The number of nitrogens with one attached hydrogen (secondary N) is 2. The predicted octanol–water partition coefficient (Wildman–Crippen LogP) is 2.45. The maximum absolute atomic E-state index is 13.0. The minimum absolute atomic E-state index is 0.0271. The van der Waals surface area contributed by atoms with Crippen molar-refractivity contribution in [2.45, 2.75) is 19.9 Å². The van der Waals surface area contributed by atoms with Crippen molar-refractivity contribution in [3.05, 3.63) is 53.1 Å². The monoisotopic (exact) mass is 348 g/mol. The Balaban J connectivity index is 1.46. The van der Waals surface area contributed by atoms with Gasteiger partial charge in [0.2, 0.25) is 0 Å². The van der Waals surface area contributed by atoms with Crippen LogP contribution < -0.4 is 0 Å². The van der Waals surface area contributed by atoms with E-state index in [1.54, 1.807) is 6.92 Å². The topological polar surface area (TPSA) is 104 Å². The number of H-pyrrole nitrogens is 2. The summed E-state index contributed by atoms with van der Waals surface area (Å²) in [5.74, 6) is 0.902. The van der Waals surface area contributed by atoms with Gasteiger partial charge in [-0.05, 0) is 19.1 Å². The molecule has 3 aromatic heterocycles. The Morgan fingerprint density at radius 2 is 2.19 bits per heavy atom. The summed E-state index contributed by atoms with van der Waals surface area (Å²) in [5, 5.41) is 12.2. The quantitative estimate of drug-likeness (QED) is 0.579. The van der Waals surface area contributed by atoms with Crippen molar-refractivity contribution in [2.75, 3.05) is 6.54 Å². The van der Waals surface area contributed by atoms with Gasteiger partial charge < -0.3 is 14.4 Å². The highest BCUT2D eigenvalue weighted by Crippen LogP contribution is 2.28. The first kappa shape index (κ1) is 14.9. The van der Waals surface area contributed by atoms with E-state index in [0.29, 0.717) is 42.6 Å². The van der Waals surface area contributed by atoms with Crippen LogP contribution in [-0.4, -0.2) is 42.7 Å². The average Bonchev–Trinajstić information content (AvgIpc) is 3.37. The number of carbonyl (C=O) groups excluding carboxylic acids is 1. The van der Waals surface area contributed by atoms with Gasteiger partial charge >= 0.3 is 0 Å². The van der Waals surface area contributed by atoms with Gasteiger partial charge in [0.15, 0.2) is 11.5 Å². The van der Waals surface area contributed by atoms with E-state index < -0.39 is 0 Å². The van der Waals surface area contributed by atoms with Crippen LogP contribution in [0.5, 0.6) is 0 Å². The summed E-state index contributed by atoms with van der Waals surface area (Å²) in [7, 11) is 0. The van der Waals surface area contributed by atoms with Crippen molar-refractivity contribution in [1.29, 1.82) is 0 Å². The number of hydrogen-bond donors (Lipinski definition) is 2. The Morgan fingerprint density at radius 1 is 1.31 bits per heavy atom. The first-order valence-electron chi connectivity index (χ1n) is 8.43. The first-order valence-corrected chi connectivity index (χ1v) is 8.43. The third kappa shape index (κ3) is 2.30. The molecule has 26 heavy (non-hydrogen) atoms. The van der Waals surface area contributed by atoms with Crippen molar-refractivity contribution in [3.63, 3.8) is 0 Å². The molecule has 0 fully saturated rings. The van der Waals surface area contributed by atoms with Crippen LogP contribution in [0.4, 0.5) is 0 Å². The summed E-state index contributed by atoms with van der Waals surface area (Å²) in [5.41, 5.74) is 4.11. The van der Waals surface area contributed by atoms with Crippen LogP contribution in [0.25, 0.3) is 22.5 Å². The van der Waals surface area contributed by atoms with Crippen LogP contribution in [0, 0.1) is 6.92 Å². The van der Waals surface area contributed by atoms with Gasteiger partial charge in [-0.3, -0.25) is 9.89 Å². The number of rotatable bonds is 2. The molecule has 1 amide bonds. The van der Waals surface area contributed by atoms with E-state index in [2.05, 4.69) is 25.3 Å². The van der Waals surface area contributed by atoms with Gasteiger partial charge in [-0.25, -0.2) is 0 Å². The van der Waals surface area contributed by atoms with Gasteiger partial charge in [-0.1, -0.05) is 23.4 Å². The smallest absolute Gasteiger partial charge is 0.278 e. The van der Waals surface area contributed by atoms with E-state index in [1.165, 1.54) is 0 Å². The number of aryl methyl sites for hydroxylation is 1. The molecule has 4 aromatic rings. The van der Waals surface area contributed by atoms with Gasteiger partial charge in [-0.15, -0.1) is 0 Å². The second kappa shape index (κ2) is 5.55. The van der Waals surface area contributed by atoms with Crippen LogP contribution in [0.15, 0.2) is 34.9 Å². The Morgan fingerprint density at radius 3 is 3.00 bits per heavy atom. The summed E-state index contributed by atoms with van der Waals surface area (Å²) in [6.07, 6.45) is 0.710. The SMILES string of the molecule is Cc1noc(-c2n[nH]c3c2CN(C(=O)c2cc4ccccc4[nH]2)CC3)n1. The number of fused-ring (bicyclic) bond motifs is 2. The van der Waals surface area contributed by atoms with Gasteiger partial charge in [0.25, 0.3) is 11.8 Å². The zero-order valence-corrected chi connectivity index (χ0v) is 14.1. The van der Waals surface area contributed by atoms with Crippen LogP contribution in [0.3, 0.4) is 0 Å². The molecule has 1 aliphatic heterocycles. The first-order chi connectivity index (χ1) is 12.7. The van der Waals surface area contributed by atoms with Gasteiger partial charge in [0.05, 0.1) is 6.54 Å². The number of benzene rings is 1. The predicted molar refractivity (Wildman–Crippen MR) is 93.4 cm³/mol. The molecule has 0 spiro atoms. The van der Waals surface area contributed by atoms with Crippen LogP contribution in [-0.2, 0) is 13.0 Å². The molecule has 0 aliphatic carbocycles. The molecule has 8 nitrogen and oxygen atoms in total. The second-order valence-corrected chi connectivity index (χ2v) is 6.42. The van der Waals surface area contributed by atoms with E-state index in [0.717, 1.165) is 22.2 Å². The molecule has 0 unspecified atom stereocenters. The van der Waals surface area contributed by atoms with Crippen molar-refractivity contribution < 1.29 is 9.32 Å². The maximum atomic E-state index is 13.0. The Bertz CT molecular complexity index is 1090. The van der Waals surface area contributed by atoms with E-state index in [1.807, 2.05) is 35.2 Å². The Hall–Kier alpha value is -3.42. The fourth-order valence-corrected chi connectivity index (χ4v) is 3.40. The van der Waals surface area contributed by atoms with Crippen LogP contribution >= 0.6 is 0 Å². The number of amides is 1. The van der Waals surface area contributed by atoms with Crippen molar-refractivity contribution in [2.24, 2.45) is 0 Å². The second-order valence-electron chi connectivity index (χ2n) is 6.42. The highest BCUT2D eigenvalue weighted by atomic mass is 16.5. The molecule has 2 N–H and O–H groups in total. The highest BCUT2D eigenvalue weighted by Gasteiger charge is 2.28. The number of carbonyl (C=O) groups is 1. The normalized spacial score (nSPS) is 14.0. The van der Waals surface area contributed by atoms with E-state index in [4.69, 9.17) is 4.52 Å². The Kier molecular flexibility index (Phi) is 3.18. The zero-order valence-electron chi connectivity index (χ0n) is 14.1. The van der Waals surface area contributed by atoms with Crippen molar-refractivity contribution in [1.82, 2.24) is 30.2 Å². The fourth-order valence-electron chi connectivity index (χ4n) is 3.40. The highest BCUT2D eigenvalue weighted by molar-refractivity contribution is 5.98. The largest absolute Gasteiger partial charge is 0.351 e. The van der Waals surface area contributed by atoms with Crippen molar-refractivity contribution in [3.8, 4) is 11.6 Å². The van der Waals surface area contributed by atoms with Gasteiger partial charge in [0.1, 0.15) is 5.69 Å². The maximum Gasteiger partial charge on any atom is 0.278 e. The number of nitrogens with zero attached hydrogens (tertiary/aromatic N) is 4. The summed E-state index contributed by atoms with van der Waals surface area (Å²) in [4.78, 5) is 22.2. The van der Waals surface area contributed by atoms with E-state index in [-0.39, 0.29) is 5.91 Å². The molecule has 1 aliphatic rings. The minimum Gasteiger partial charge on any atom is -0.351 e. The molecule has 8 heteroatoms. The Labute approximate surface area is 148 Å². The third-order valence-electron chi connectivity index (χ3n) is 4.71. The molecule has 0 saturated carbocycles. The molecule has 5 rings (SSSR count). The van der Waals surface area contributed by atoms with Crippen LogP contribution in [0.1, 0.15) is 27.6 Å². The molecule has 0 saturated heterocycles. The molecule has 1 aromatic carbocycles. The van der Waals surface area contributed by atoms with E-state index in [9.17, 15) is 4.79 Å². The number of para-hydroxylation sites is 1. The minimum atomic E-state index is -0.0271. The molecule has 4 heterocycles. The zero-order chi connectivity index (χ0) is 17.7. The summed E-state index contributed by atoms with van der Waals surface area (Å²) in [6.45, 7) is 2.85. The molecule has 0 atom stereocenters. The lowest BCUT2D eigenvalue weighted by Crippen LogP contribution is -2.36. The lowest BCUT2D eigenvalue weighted by atomic mass is 10.0. The molecular weight excluding hydrogens is 332 g/mol. The average molecular weight is 348 g/mol. The number of hydrogen-bond acceptors (Lipinski definition) is 5.